The number of aliphatic hydroxyl groups excluding tert-OH is 1. The summed E-state index contributed by atoms with van der Waals surface area (Å²) in [5, 5.41) is 20.7. The quantitative estimate of drug-likeness (QED) is 0.726. The van der Waals surface area contributed by atoms with E-state index in [1.54, 1.807) is 6.92 Å². The molecule has 2 atom stereocenters. The summed E-state index contributed by atoms with van der Waals surface area (Å²) in [4.78, 5) is 11.6. The van der Waals surface area contributed by atoms with Gasteiger partial charge in [-0.25, -0.2) is 0 Å². The maximum absolute atomic E-state index is 11.6. The standard InChI is InChI=1S/C11H18N2O2S/c1-8(5-14)16-6-10(15)13-11(2,7-12)9-3-4-9/h8-9,14H,3-6H2,1-2H3,(H,13,15)/t8-,11+/m1/s1. The van der Waals surface area contributed by atoms with Gasteiger partial charge in [0.25, 0.3) is 0 Å². The highest BCUT2D eigenvalue weighted by molar-refractivity contribution is 8.00. The fraction of sp³-hybridized carbons (Fsp3) is 0.818. The van der Waals surface area contributed by atoms with E-state index in [2.05, 4.69) is 11.4 Å². The lowest BCUT2D eigenvalue weighted by Crippen LogP contribution is -2.47. The average molecular weight is 242 g/mol. The summed E-state index contributed by atoms with van der Waals surface area (Å²) in [7, 11) is 0. The Kier molecular flexibility index (Phi) is 4.63. The van der Waals surface area contributed by atoms with Crippen LogP contribution in [0.4, 0.5) is 0 Å². The van der Waals surface area contributed by atoms with Crippen LogP contribution < -0.4 is 5.32 Å². The molecule has 1 amide bonds. The molecule has 1 aliphatic carbocycles. The number of nitrogens with one attached hydrogen (secondary N) is 1. The van der Waals surface area contributed by atoms with Gasteiger partial charge in [-0.05, 0) is 25.7 Å². The molecule has 0 unspecified atom stereocenters. The van der Waals surface area contributed by atoms with Gasteiger partial charge < -0.3 is 10.4 Å². The molecule has 0 spiro atoms. The number of aliphatic hydroxyl groups is 1. The van der Waals surface area contributed by atoms with Crippen LogP contribution in [0, 0.1) is 17.2 Å². The molecular formula is C11H18N2O2S. The SMILES string of the molecule is C[C@H](CO)SCC(=O)N[C@@](C)(C#N)C1CC1. The first-order valence-corrected chi connectivity index (χ1v) is 6.51. The monoisotopic (exact) mass is 242 g/mol. The molecule has 5 heteroatoms. The summed E-state index contributed by atoms with van der Waals surface area (Å²) in [6, 6.07) is 2.18. The average Bonchev–Trinajstić information content (AvgIpc) is 3.09. The summed E-state index contributed by atoms with van der Waals surface area (Å²) < 4.78 is 0. The number of hydrogen-bond donors (Lipinski definition) is 2. The predicted molar refractivity (Wildman–Crippen MR) is 63.9 cm³/mol. The van der Waals surface area contributed by atoms with E-state index in [9.17, 15) is 4.79 Å². The Morgan fingerprint density at radius 3 is 2.81 bits per heavy atom. The van der Waals surface area contributed by atoms with Crippen molar-refractivity contribution in [3.63, 3.8) is 0 Å². The van der Waals surface area contributed by atoms with Crippen molar-refractivity contribution in [2.24, 2.45) is 5.92 Å². The smallest absolute Gasteiger partial charge is 0.231 e. The van der Waals surface area contributed by atoms with Crippen molar-refractivity contribution in [3.05, 3.63) is 0 Å². The summed E-state index contributed by atoms with van der Waals surface area (Å²) in [5.74, 6) is 0.481. The van der Waals surface area contributed by atoms with Gasteiger partial charge in [0.05, 0.1) is 18.4 Å². The summed E-state index contributed by atoms with van der Waals surface area (Å²) in [6.07, 6.45) is 2.04. The third-order valence-electron chi connectivity index (χ3n) is 2.78. The molecule has 0 aromatic carbocycles. The third-order valence-corrected chi connectivity index (χ3v) is 3.93. The van der Waals surface area contributed by atoms with Crippen molar-refractivity contribution in [2.45, 2.75) is 37.5 Å². The summed E-state index contributed by atoms with van der Waals surface area (Å²) >= 11 is 1.40. The number of carbonyl (C=O) groups is 1. The van der Waals surface area contributed by atoms with E-state index in [1.807, 2.05) is 6.92 Å². The van der Waals surface area contributed by atoms with Gasteiger partial charge >= 0.3 is 0 Å². The largest absolute Gasteiger partial charge is 0.395 e. The lowest BCUT2D eigenvalue weighted by atomic mass is 9.98. The Morgan fingerprint density at radius 1 is 1.75 bits per heavy atom. The molecule has 16 heavy (non-hydrogen) atoms. The number of hydrogen-bond acceptors (Lipinski definition) is 4. The van der Waals surface area contributed by atoms with E-state index in [-0.39, 0.29) is 17.8 Å². The van der Waals surface area contributed by atoms with Crippen LogP contribution >= 0.6 is 11.8 Å². The van der Waals surface area contributed by atoms with Crippen molar-refractivity contribution in [2.75, 3.05) is 12.4 Å². The maximum atomic E-state index is 11.6. The summed E-state index contributed by atoms with van der Waals surface area (Å²) in [6.45, 7) is 3.71. The molecule has 1 fully saturated rings. The van der Waals surface area contributed by atoms with Gasteiger partial charge in [-0.15, -0.1) is 11.8 Å². The van der Waals surface area contributed by atoms with E-state index in [1.165, 1.54) is 11.8 Å². The number of nitriles is 1. The predicted octanol–water partition coefficient (Wildman–Crippen LogP) is 0.909. The van der Waals surface area contributed by atoms with Gasteiger partial charge in [-0.1, -0.05) is 6.92 Å². The van der Waals surface area contributed by atoms with E-state index < -0.39 is 5.54 Å². The van der Waals surface area contributed by atoms with Crippen molar-refractivity contribution >= 4 is 17.7 Å². The fourth-order valence-corrected chi connectivity index (χ4v) is 2.09. The first-order valence-electron chi connectivity index (χ1n) is 5.46. The van der Waals surface area contributed by atoms with Crippen LogP contribution in [0.2, 0.25) is 0 Å². The van der Waals surface area contributed by atoms with E-state index in [4.69, 9.17) is 10.4 Å². The van der Waals surface area contributed by atoms with Crippen LogP contribution in [0.5, 0.6) is 0 Å². The first kappa shape index (κ1) is 13.3. The van der Waals surface area contributed by atoms with Gasteiger partial charge in [-0.3, -0.25) is 4.79 Å². The van der Waals surface area contributed by atoms with Gasteiger partial charge in [0.1, 0.15) is 5.54 Å². The zero-order chi connectivity index (χ0) is 12.2. The highest BCUT2D eigenvalue weighted by atomic mass is 32.2. The molecule has 2 N–H and O–H groups in total. The van der Waals surface area contributed by atoms with E-state index in [0.29, 0.717) is 11.7 Å². The second-order valence-corrected chi connectivity index (χ2v) is 5.87. The number of carbonyl (C=O) groups excluding carboxylic acids is 1. The first-order chi connectivity index (χ1) is 7.51. The van der Waals surface area contributed by atoms with Crippen molar-refractivity contribution < 1.29 is 9.90 Å². The Bertz CT molecular complexity index is 299. The van der Waals surface area contributed by atoms with Gasteiger partial charge in [0.15, 0.2) is 0 Å². The number of amides is 1. The molecule has 0 heterocycles. The van der Waals surface area contributed by atoms with Crippen LogP contribution in [0.15, 0.2) is 0 Å². The second kappa shape index (κ2) is 5.55. The van der Waals surface area contributed by atoms with Crippen molar-refractivity contribution in [3.8, 4) is 6.07 Å². The molecule has 4 nitrogen and oxygen atoms in total. The second-order valence-electron chi connectivity index (χ2n) is 4.44. The molecule has 0 aromatic rings. The Balaban J connectivity index is 2.35. The van der Waals surface area contributed by atoms with Gasteiger partial charge in [0, 0.05) is 5.25 Å². The third kappa shape index (κ3) is 3.69. The van der Waals surface area contributed by atoms with Crippen LogP contribution in [0.1, 0.15) is 26.7 Å². The molecular weight excluding hydrogens is 224 g/mol. The van der Waals surface area contributed by atoms with Gasteiger partial charge in [-0.2, -0.15) is 5.26 Å². The van der Waals surface area contributed by atoms with E-state index >= 15 is 0 Å². The molecule has 90 valence electrons. The van der Waals surface area contributed by atoms with Crippen LogP contribution in [-0.4, -0.2) is 34.2 Å². The van der Waals surface area contributed by atoms with Crippen molar-refractivity contribution in [1.29, 1.82) is 5.26 Å². The molecule has 1 saturated carbocycles. The molecule has 1 rings (SSSR count). The Hall–Kier alpha value is -0.730. The number of nitrogens with zero attached hydrogens (tertiary/aromatic N) is 1. The molecule has 0 bridgehead atoms. The van der Waals surface area contributed by atoms with E-state index in [0.717, 1.165) is 12.8 Å². The number of rotatable bonds is 6. The molecule has 0 aliphatic heterocycles. The van der Waals surface area contributed by atoms with Crippen LogP contribution in [-0.2, 0) is 4.79 Å². The lowest BCUT2D eigenvalue weighted by Gasteiger charge is -2.23. The molecule has 0 saturated heterocycles. The maximum Gasteiger partial charge on any atom is 0.231 e. The Morgan fingerprint density at radius 2 is 2.38 bits per heavy atom. The zero-order valence-electron chi connectivity index (χ0n) is 9.69. The zero-order valence-corrected chi connectivity index (χ0v) is 10.5. The molecule has 0 aromatic heterocycles. The summed E-state index contributed by atoms with van der Waals surface area (Å²) in [5.41, 5.74) is -0.708. The minimum Gasteiger partial charge on any atom is -0.395 e. The topological polar surface area (TPSA) is 73.1 Å². The minimum atomic E-state index is -0.708. The van der Waals surface area contributed by atoms with Gasteiger partial charge in [0.2, 0.25) is 5.91 Å². The Labute approximate surface area is 100 Å². The molecule has 1 aliphatic rings. The highest BCUT2D eigenvalue weighted by Crippen LogP contribution is 2.39. The van der Waals surface area contributed by atoms with Crippen LogP contribution in [0.3, 0.4) is 0 Å². The lowest BCUT2D eigenvalue weighted by molar-refractivity contribution is -0.119. The van der Waals surface area contributed by atoms with Crippen molar-refractivity contribution in [1.82, 2.24) is 5.32 Å². The molecule has 0 radical (unpaired) electrons. The fourth-order valence-electron chi connectivity index (χ4n) is 1.48. The number of thioether (sulfide) groups is 1. The highest BCUT2D eigenvalue weighted by Gasteiger charge is 2.42. The normalized spacial score (nSPS) is 20.6. The minimum absolute atomic E-state index is 0.0556. The van der Waals surface area contributed by atoms with Crippen LogP contribution in [0.25, 0.3) is 0 Å².